The molecule has 0 saturated heterocycles. The Morgan fingerprint density at radius 3 is 2.65 bits per heavy atom. The zero-order valence-corrected chi connectivity index (χ0v) is 13.0. The van der Waals surface area contributed by atoms with E-state index in [1.165, 1.54) is 0 Å². The van der Waals surface area contributed by atoms with Crippen LogP contribution in [-0.2, 0) is 4.74 Å². The Balaban J connectivity index is 2.38. The van der Waals surface area contributed by atoms with Gasteiger partial charge in [-0.3, -0.25) is 4.79 Å². The summed E-state index contributed by atoms with van der Waals surface area (Å²) in [7, 11) is 0. The predicted octanol–water partition coefficient (Wildman–Crippen LogP) is 4.72. The molecule has 0 aliphatic heterocycles. The number of benzene rings is 1. The number of rotatable bonds is 4. The summed E-state index contributed by atoms with van der Waals surface area (Å²) in [6.07, 6.45) is -0.525. The van der Waals surface area contributed by atoms with Gasteiger partial charge in [0, 0.05) is 17.0 Å². The van der Waals surface area contributed by atoms with Crippen LogP contribution in [0.3, 0.4) is 0 Å². The molecule has 0 saturated carbocycles. The molecule has 0 spiro atoms. The van der Waals surface area contributed by atoms with Gasteiger partial charge >= 0.3 is 0 Å². The number of hydrogen-bond acceptors (Lipinski definition) is 3. The molecule has 4 heteroatoms. The third-order valence-corrected chi connectivity index (χ3v) is 3.31. The Labute approximate surface area is 123 Å². The van der Waals surface area contributed by atoms with E-state index in [0.717, 1.165) is 5.39 Å². The minimum Gasteiger partial charge on any atom is -0.453 e. The molecule has 0 N–H and O–H groups in total. The van der Waals surface area contributed by atoms with E-state index in [1.54, 1.807) is 24.3 Å². The van der Waals surface area contributed by atoms with Gasteiger partial charge < -0.3 is 9.15 Å². The van der Waals surface area contributed by atoms with Gasteiger partial charge in [0.15, 0.2) is 5.76 Å². The Kier molecular flexibility index (Phi) is 4.21. The van der Waals surface area contributed by atoms with Crippen molar-refractivity contribution < 1.29 is 13.9 Å². The zero-order valence-electron chi connectivity index (χ0n) is 12.2. The number of furan rings is 1. The summed E-state index contributed by atoms with van der Waals surface area (Å²) in [5.74, 6) is 0.183. The van der Waals surface area contributed by atoms with Crippen LogP contribution in [0.15, 0.2) is 28.7 Å². The van der Waals surface area contributed by atoms with E-state index in [9.17, 15) is 4.79 Å². The molecule has 1 aromatic heterocycles. The molecule has 2 rings (SSSR count). The van der Waals surface area contributed by atoms with Gasteiger partial charge in [-0.05, 0) is 36.6 Å². The number of halogens is 1. The maximum atomic E-state index is 12.6. The molecular weight excluding hydrogens is 276 g/mol. The van der Waals surface area contributed by atoms with Crippen molar-refractivity contribution in [3.8, 4) is 0 Å². The largest absolute Gasteiger partial charge is 0.453 e. The topological polar surface area (TPSA) is 39.4 Å². The van der Waals surface area contributed by atoms with Gasteiger partial charge in [0.25, 0.3) is 0 Å². The summed E-state index contributed by atoms with van der Waals surface area (Å²) in [5, 5.41) is 1.44. The highest BCUT2D eigenvalue weighted by Crippen LogP contribution is 2.29. The first kappa shape index (κ1) is 15.1. The van der Waals surface area contributed by atoms with E-state index in [2.05, 4.69) is 0 Å². The van der Waals surface area contributed by atoms with Crippen LogP contribution in [0.1, 0.15) is 38.2 Å². The number of carbonyl (C=O) groups is 1. The summed E-state index contributed by atoms with van der Waals surface area (Å²) in [6, 6.07) is 7.01. The lowest BCUT2D eigenvalue weighted by Gasteiger charge is -2.28. The van der Waals surface area contributed by atoms with Crippen molar-refractivity contribution in [3.63, 3.8) is 0 Å². The third-order valence-electron chi connectivity index (χ3n) is 3.08. The molecule has 0 aliphatic carbocycles. The van der Waals surface area contributed by atoms with E-state index in [1.807, 2.05) is 27.7 Å². The Bertz CT molecular complexity index is 622. The minimum atomic E-state index is -0.525. The van der Waals surface area contributed by atoms with Crippen molar-refractivity contribution >= 4 is 28.4 Å². The highest BCUT2D eigenvalue weighted by atomic mass is 35.5. The van der Waals surface area contributed by atoms with E-state index in [-0.39, 0.29) is 11.2 Å². The highest BCUT2D eigenvalue weighted by Gasteiger charge is 2.34. The van der Waals surface area contributed by atoms with E-state index >= 15 is 0 Å². The fourth-order valence-corrected chi connectivity index (χ4v) is 2.33. The van der Waals surface area contributed by atoms with Crippen LogP contribution in [0.5, 0.6) is 0 Å². The Morgan fingerprint density at radius 1 is 1.35 bits per heavy atom. The van der Waals surface area contributed by atoms with Gasteiger partial charge in [-0.1, -0.05) is 32.4 Å². The second-order valence-corrected chi connectivity index (χ2v) is 6.29. The summed E-state index contributed by atoms with van der Waals surface area (Å²) in [5.41, 5.74) is 0.367. The zero-order chi connectivity index (χ0) is 14.9. The second kappa shape index (κ2) is 5.58. The predicted molar refractivity (Wildman–Crippen MR) is 80.4 cm³/mol. The number of fused-ring (bicyclic) bond motifs is 1. The number of ether oxygens (including phenoxy) is 1. The van der Waals surface area contributed by atoms with Crippen LogP contribution in [0.25, 0.3) is 11.0 Å². The van der Waals surface area contributed by atoms with Gasteiger partial charge in [-0.2, -0.15) is 0 Å². The van der Waals surface area contributed by atoms with Gasteiger partial charge in [0.05, 0.1) is 0 Å². The van der Waals surface area contributed by atoms with Crippen LogP contribution < -0.4 is 0 Å². The average molecular weight is 295 g/mol. The molecule has 108 valence electrons. The lowest BCUT2D eigenvalue weighted by Crippen LogP contribution is -2.37. The summed E-state index contributed by atoms with van der Waals surface area (Å²) in [6.45, 7) is 8.30. The number of hydrogen-bond donors (Lipinski definition) is 0. The van der Waals surface area contributed by atoms with Gasteiger partial charge in [0.1, 0.15) is 11.7 Å². The van der Waals surface area contributed by atoms with Crippen molar-refractivity contribution in [1.82, 2.24) is 0 Å². The van der Waals surface area contributed by atoms with Crippen LogP contribution in [0, 0.1) is 5.41 Å². The quantitative estimate of drug-likeness (QED) is 0.766. The smallest absolute Gasteiger partial charge is 0.227 e. The number of carbonyl (C=O) groups excluding carboxylic acids is 1. The SMILES string of the molecule is CCOC(C(=O)c1cc2cc(Cl)ccc2o1)C(C)(C)C. The molecule has 0 radical (unpaired) electrons. The lowest BCUT2D eigenvalue weighted by molar-refractivity contribution is -0.00185. The molecule has 2 aromatic rings. The number of Topliss-reactive ketones (excluding diaryl/α,β-unsaturated/α-hetero) is 1. The maximum Gasteiger partial charge on any atom is 0.227 e. The first-order chi connectivity index (χ1) is 9.32. The molecule has 0 fully saturated rings. The second-order valence-electron chi connectivity index (χ2n) is 5.86. The summed E-state index contributed by atoms with van der Waals surface area (Å²) >= 11 is 5.94. The van der Waals surface area contributed by atoms with Crippen molar-refractivity contribution in [2.45, 2.75) is 33.8 Å². The van der Waals surface area contributed by atoms with Crippen LogP contribution in [0.2, 0.25) is 5.02 Å². The van der Waals surface area contributed by atoms with Crippen molar-refractivity contribution in [1.29, 1.82) is 0 Å². The molecule has 1 atom stereocenters. The maximum absolute atomic E-state index is 12.6. The standard InChI is InChI=1S/C16H19ClO3/c1-5-19-15(16(2,3)4)14(18)13-9-10-8-11(17)6-7-12(10)20-13/h6-9,15H,5H2,1-4H3. The lowest BCUT2D eigenvalue weighted by atomic mass is 9.85. The fourth-order valence-electron chi connectivity index (χ4n) is 2.15. The first-order valence-electron chi connectivity index (χ1n) is 6.68. The molecule has 0 bridgehead atoms. The van der Waals surface area contributed by atoms with Crippen LogP contribution >= 0.6 is 11.6 Å². The molecule has 0 aliphatic rings. The van der Waals surface area contributed by atoms with Crippen molar-refractivity contribution in [3.05, 3.63) is 35.0 Å². The van der Waals surface area contributed by atoms with Crippen LogP contribution in [0.4, 0.5) is 0 Å². The monoisotopic (exact) mass is 294 g/mol. The fraction of sp³-hybridized carbons (Fsp3) is 0.438. The van der Waals surface area contributed by atoms with Gasteiger partial charge in [-0.25, -0.2) is 0 Å². The first-order valence-corrected chi connectivity index (χ1v) is 7.05. The van der Waals surface area contributed by atoms with Crippen LogP contribution in [-0.4, -0.2) is 18.5 Å². The van der Waals surface area contributed by atoms with Gasteiger partial charge in [0.2, 0.25) is 5.78 Å². The third kappa shape index (κ3) is 3.05. The summed E-state index contributed by atoms with van der Waals surface area (Å²) < 4.78 is 11.2. The van der Waals surface area contributed by atoms with Crippen molar-refractivity contribution in [2.24, 2.45) is 5.41 Å². The molecular formula is C16H19ClO3. The molecule has 1 unspecified atom stereocenters. The highest BCUT2D eigenvalue weighted by molar-refractivity contribution is 6.31. The van der Waals surface area contributed by atoms with Crippen molar-refractivity contribution in [2.75, 3.05) is 6.61 Å². The molecule has 1 aromatic carbocycles. The molecule has 20 heavy (non-hydrogen) atoms. The number of ketones is 1. The Morgan fingerprint density at radius 2 is 2.05 bits per heavy atom. The molecule has 1 heterocycles. The summed E-state index contributed by atoms with van der Waals surface area (Å²) in [4.78, 5) is 12.6. The van der Waals surface area contributed by atoms with Gasteiger partial charge in [-0.15, -0.1) is 0 Å². The van der Waals surface area contributed by atoms with E-state index in [4.69, 9.17) is 20.8 Å². The van der Waals surface area contributed by atoms with E-state index in [0.29, 0.717) is 23.0 Å². The van der Waals surface area contributed by atoms with E-state index < -0.39 is 6.10 Å². The molecule has 3 nitrogen and oxygen atoms in total. The molecule has 0 amide bonds. The average Bonchev–Trinajstić information content (AvgIpc) is 2.76. The minimum absolute atomic E-state index is 0.133. The normalized spacial score (nSPS) is 13.7. The Hall–Kier alpha value is -1.32.